The molecule has 0 bridgehead atoms. The average molecular weight is 275 g/mol. The summed E-state index contributed by atoms with van der Waals surface area (Å²) in [5, 5.41) is 4.01. The van der Waals surface area contributed by atoms with E-state index in [4.69, 9.17) is 11.6 Å². The Bertz CT molecular complexity index is 523. The molecule has 0 aliphatic rings. The fraction of sp³-hybridized carbons (Fsp3) is 0.312. The lowest BCUT2D eigenvalue weighted by Crippen LogP contribution is -2.18. The molecule has 1 heterocycles. The lowest BCUT2D eigenvalue weighted by atomic mass is 9.98. The lowest BCUT2D eigenvalue weighted by Gasteiger charge is -2.18. The van der Waals surface area contributed by atoms with Gasteiger partial charge in [0.2, 0.25) is 0 Å². The van der Waals surface area contributed by atoms with E-state index in [0.717, 1.165) is 12.0 Å². The number of nitrogens with zero attached hydrogens (tertiary/aromatic N) is 1. The number of aromatic nitrogens is 1. The van der Waals surface area contributed by atoms with Gasteiger partial charge in [0.1, 0.15) is 0 Å². The molecule has 0 saturated heterocycles. The molecule has 2 rings (SSSR count). The number of hydrogen-bond acceptors (Lipinski definition) is 2. The summed E-state index contributed by atoms with van der Waals surface area (Å²) >= 11 is 6.23. The molecule has 0 radical (unpaired) electrons. The third kappa shape index (κ3) is 3.34. The van der Waals surface area contributed by atoms with Crippen molar-refractivity contribution >= 4 is 11.6 Å². The van der Waals surface area contributed by atoms with Gasteiger partial charge in [-0.15, -0.1) is 0 Å². The summed E-state index contributed by atoms with van der Waals surface area (Å²) in [6.45, 7) is 2.20. The van der Waals surface area contributed by atoms with Crippen LogP contribution in [0.4, 0.5) is 0 Å². The maximum Gasteiger partial charge on any atom is 0.0640 e. The van der Waals surface area contributed by atoms with Crippen LogP contribution in [-0.2, 0) is 6.42 Å². The van der Waals surface area contributed by atoms with Crippen LogP contribution in [0.3, 0.4) is 0 Å². The van der Waals surface area contributed by atoms with Gasteiger partial charge in [-0.1, -0.05) is 49.2 Å². The van der Waals surface area contributed by atoms with Crippen molar-refractivity contribution in [3.63, 3.8) is 0 Å². The van der Waals surface area contributed by atoms with Gasteiger partial charge in [-0.2, -0.15) is 0 Å². The van der Waals surface area contributed by atoms with E-state index in [9.17, 15) is 0 Å². The summed E-state index contributed by atoms with van der Waals surface area (Å²) in [5.41, 5.74) is 3.65. The van der Waals surface area contributed by atoms with Gasteiger partial charge >= 0.3 is 0 Å². The van der Waals surface area contributed by atoms with Crippen LogP contribution < -0.4 is 5.32 Å². The number of hydrogen-bond donors (Lipinski definition) is 1. The van der Waals surface area contributed by atoms with E-state index in [0.29, 0.717) is 5.02 Å². The maximum absolute atomic E-state index is 6.23. The molecule has 3 heteroatoms. The van der Waals surface area contributed by atoms with Crippen molar-refractivity contribution < 1.29 is 0 Å². The Balaban J connectivity index is 2.29. The van der Waals surface area contributed by atoms with E-state index in [-0.39, 0.29) is 6.04 Å². The normalized spacial score (nSPS) is 12.4. The van der Waals surface area contributed by atoms with Gasteiger partial charge < -0.3 is 5.32 Å². The quantitative estimate of drug-likeness (QED) is 0.892. The number of nitrogens with one attached hydrogen (secondary N) is 1. The molecule has 2 nitrogen and oxygen atoms in total. The molecule has 2 aromatic rings. The highest BCUT2D eigenvalue weighted by Gasteiger charge is 2.14. The first-order valence-electron chi connectivity index (χ1n) is 6.61. The third-order valence-corrected chi connectivity index (χ3v) is 3.57. The molecule has 100 valence electrons. The van der Waals surface area contributed by atoms with Crippen LogP contribution in [0.2, 0.25) is 5.02 Å². The summed E-state index contributed by atoms with van der Waals surface area (Å²) in [6.07, 6.45) is 5.76. The maximum atomic E-state index is 6.23. The molecule has 19 heavy (non-hydrogen) atoms. The van der Waals surface area contributed by atoms with E-state index < -0.39 is 0 Å². The lowest BCUT2D eigenvalue weighted by molar-refractivity contribution is 0.690. The van der Waals surface area contributed by atoms with Crippen LogP contribution in [0.15, 0.2) is 42.7 Å². The van der Waals surface area contributed by atoms with E-state index >= 15 is 0 Å². The molecule has 1 aromatic carbocycles. The first kappa shape index (κ1) is 14.0. The van der Waals surface area contributed by atoms with Crippen LogP contribution in [0.5, 0.6) is 0 Å². The number of halogens is 1. The predicted molar refractivity (Wildman–Crippen MR) is 80.6 cm³/mol. The van der Waals surface area contributed by atoms with Crippen molar-refractivity contribution in [2.75, 3.05) is 7.05 Å². The molecule has 1 atom stereocenters. The number of rotatable bonds is 5. The van der Waals surface area contributed by atoms with Crippen LogP contribution in [0.25, 0.3) is 0 Å². The highest BCUT2D eigenvalue weighted by atomic mass is 35.5. The fourth-order valence-electron chi connectivity index (χ4n) is 2.29. The second-order valence-corrected chi connectivity index (χ2v) is 5.02. The minimum absolute atomic E-state index is 0.103. The summed E-state index contributed by atoms with van der Waals surface area (Å²) in [6, 6.07) is 10.8. The second-order valence-electron chi connectivity index (χ2n) is 4.61. The van der Waals surface area contributed by atoms with Gasteiger partial charge in [0.05, 0.1) is 11.1 Å². The minimum atomic E-state index is 0.103. The highest BCUT2D eigenvalue weighted by Crippen LogP contribution is 2.27. The van der Waals surface area contributed by atoms with Gasteiger partial charge in [0, 0.05) is 12.4 Å². The van der Waals surface area contributed by atoms with Crippen molar-refractivity contribution in [3.05, 3.63) is 64.4 Å². The first-order chi connectivity index (χ1) is 9.26. The second kappa shape index (κ2) is 6.69. The molecule has 0 aliphatic carbocycles. The van der Waals surface area contributed by atoms with Gasteiger partial charge in [-0.25, -0.2) is 0 Å². The Morgan fingerprint density at radius 2 is 1.95 bits per heavy atom. The van der Waals surface area contributed by atoms with Crippen molar-refractivity contribution in [2.45, 2.75) is 25.8 Å². The number of pyridine rings is 1. The Labute approximate surface area is 119 Å². The van der Waals surface area contributed by atoms with Gasteiger partial charge in [-0.05, 0) is 36.2 Å². The fourth-order valence-corrected chi connectivity index (χ4v) is 2.52. The van der Waals surface area contributed by atoms with Crippen LogP contribution >= 0.6 is 11.6 Å². The zero-order valence-corrected chi connectivity index (χ0v) is 12.1. The molecule has 1 unspecified atom stereocenters. The van der Waals surface area contributed by atoms with Crippen LogP contribution in [-0.4, -0.2) is 12.0 Å². The molecular formula is C16H19ClN2. The topological polar surface area (TPSA) is 24.9 Å². The molecule has 1 aromatic heterocycles. The van der Waals surface area contributed by atoms with Crippen molar-refractivity contribution in [1.29, 1.82) is 0 Å². The smallest absolute Gasteiger partial charge is 0.0640 e. The predicted octanol–water partition coefficient (Wildman–Crippen LogP) is 4.00. The molecular weight excluding hydrogens is 256 g/mol. The van der Waals surface area contributed by atoms with E-state index in [1.807, 2.05) is 13.1 Å². The average Bonchev–Trinajstić information content (AvgIpc) is 2.44. The molecule has 0 aliphatic heterocycles. The molecule has 0 spiro atoms. The van der Waals surface area contributed by atoms with Crippen molar-refractivity contribution in [3.8, 4) is 0 Å². The zero-order chi connectivity index (χ0) is 13.7. The summed E-state index contributed by atoms with van der Waals surface area (Å²) in [4.78, 5) is 4.03. The molecule has 0 fully saturated rings. The monoisotopic (exact) mass is 274 g/mol. The van der Waals surface area contributed by atoms with Crippen LogP contribution in [0, 0.1) is 0 Å². The minimum Gasteiger partial charge on any atom is -0.309 e. The van der Waals surface area contributed by atoms with Crippen molar-refractivity contribution in [2.24, 2.45) is 0 Å². The zero-order valence-electron chi connectivity index (χ0n) is 11.4. The van der Waals surface area contributed by atoms with Gasteiger partial charge in [0.15, 0.2) is 0 Å². The number of benzene rings is 1. The van der Waals surface area contributed by atoms with E-state index in [1.165, 1.54) is 17.5 Å². The van der Waals surface area contributed by atoms with E-state index in [1.54, 1.807) is 12.4 Å². The van der Waals surface area contributed by atoms with Crippen LogP contribution in [0.1, 0.15) is 36.1 Å². The Morgan fingerprint density at radius 3 is 2.53 bits per heavy atom. The summed E-state index contributed by atoms with van der Waals surface area (Å²) < 4.78 is 0. The van der Waals surface area contributed by atoms with E-state index in [2.05, 4.69) is 41.5 Å². The standard InChI is InChI=1S/C16H19ClN2/c1-3-4-12-5-7-13(8-6-12)16(18-2)14-9-10-19-11-15(14)17/h5-11,16,18H,3-4H2,1-2H3. The molecule has 0 saturated carbocycles. The first-order valence-corrected chi connectivity index (χ1v) is 6.99. The summed E-state index contributed by atoms with van der Waals surface area (Å²) in [5.74, 6) is 0. The summed E-state index contributed by atoms with van der Waals surface area (Å²) in [7, 11) is 1.95. The Morgan fingerprint density at radius 1 is 1.21 bits per heavy atom. The SMILES string of the molecule is CCCc1ccc(C(NC)c2ccncc2Cl)cc1. The Hall–Kier alpha value is -1.38. The third-order valence-electron chi connectivity index (χ3n) is 3.26. The molecule has 0 amide bonds. The van der Waals surface area contributed by atoms with Gasteiger partial charge in [-0.3, -0.25) is 4.98 Å². The molecule has 1 N–H and O–H groups in total. The highest BCUT2D eigenvalue weighted by molar-refractivity contribution is 6.31. The van der Waals surface area contributed by atoms with Crippen molar-refractivity contribution in [1.82, 2.24) is 10.3 Å². The Kier molecular flexibility index (Phi) is 4.94. The largest absolute Gasteiger partial charge is 0.309 e. The number of aryl methyl sites for hydroxylation is 1. The van der Waals surface area contributed by atoms with Gasteiger partial charge in [0.25, 0.3) is 0 Å².